The van der Waals surface area contributed by atoms with Crippen LogP contribution < -0.4 is 21.5 Å². The largest absolute Gasteiger partial charge is 0.321 e. The minimum atomic E-state index is -0.596. The number of para-hydroxylation sites is 1. The van der Waals surface area contributed by atoms with Gasteiger partial charge in [0.25, 0.3) is 17.4 Å². The van der Waals surface area contributed by atoms with Crippen molar-refractivity contribution in [3.8, 4) is 5.69 Å². The number of amides is 3. The number of benzene rings is 4. The van der Waals surface area contributed by atoms with Crippen LogP contribution in [0.3, 0.4) is 0 Å². The van der Waals surface area contributed by atoms with Crippen LogP contribution >= 0.6 is 11.8 Å². The molecule has 0 saturated carbocycles. The monoisotopic (exact) mass is 649 g/mol. The number of hydrogen-bond donors (Lipinski definition) is 3. The predicted octanol–water partition coefficient (Wildman–Crippen LogP) is 6.15. The van der Waals surface area contributed by atoms with Crippen molar-refractivity contribution in [3.63, 3.8) is 0 Å². The number of aromatic nitrogens is 2. The minimum Gasteiger partial charge on any atom is -0.321 e. The summed E-state index contributed by atoms with van der Waals surface area (Å²) in [5.41, 5.74) is 2.41. The molecular weight excluding hydrogens is 617 g/mol. The molecular formula is C36H32FN5O4S. The van der Waals surface area contributed by atoms with Crippen molar-refractivity contribution in [2.75, 3.05) is 10.6 Å². The maximum atomic E-state index is 13.5. The van der Waals surface area contributed by atoms with Crippen molar-refractivity contribution in [1.29, 1.82) is 0 Å². The van der Waals surface area contributed by atoms with Crippen molar-refractivity contribution >= 4 is 46.9 Å². The Morgan fingerprint density at radius 2 is 1.51 bits per heavy atom. The van der Waals surface area contributed by atoms with Crippen LogP contribution in [0.2, 0.25) is 0 Å². The van der Waals surface area contributed by atoms with Crippen LogP contribution in [0.15, 0.2) is 125 Å². The van der Waals surface area contributed by atoms with Crippen molar-refractivity contribution < 1.29 is 18.8 Å². The Kier molecular flexibility index (Phi) is 10.2. The quantitative estimate of drug-likeness (QED) is 0.124. The van der Waals surface area contributed by atoms with Crippen LogP contribution in [0.1, 0.15) is 28.5 Å². The smallest absolute Gasteiger partial charge is 0.295 e. The number of hydrogen-bond acceptors (Lipinski definition) is 5. The van der Waals surface area contributed by atoms with E-state index < -0.39 is 22.9 Å². The lowest BCUT2D eigenvalue weighted by Gasteiger charge is -2.14. The van der Waals surface area contributed by atoms with E-state index in [1.807, 2.05) is 30.3 Å². The Morgan fingerprint density at radius 1 is 0.851 bits per heavy atom. The van der Waals surface area contributed by atoms with Crippen LogP contribution in [-0.4, -0.2) is 32.3 Å². The third-order valence-electron chi connectivity index (χ3n) is 7.29. The lowest BCUT2D eigenvalue weighted by atomic mass is 10.1. The summed E-state index contributed by atoms with van der Waals surface area (Å²) in [5.74, 6) is -1.87. The van der Waals surface area contributed by atoms with Gasteiger partial charge in [0, 0.05) is 23.2 Å². The Bertz CT molecular complexity index is 2010. The average Bonchev–Trinajstić information content (AvgIpc) is 3.28. The molecule has 0 radical (unpaired) electrons. The molecule has 3 N–H and O–H groups in total. The first kappa shape index (κ1) is 32.7. The van der Waals surface area contributed by atoms with Crippen molar-refractivity contribution in [1.82, 2.24) is 14.7 Å². The van der Waals surface area contributed by atoms with E-state index in [9.17, 15) is 23.6 Å². The zero-order valence-electron chi connectivity index (χ0n) is 25.9. The van der Waals surface area contributed by atoms with Gasteiger partial charge in [-0.2, -0.15) is 0 Å². The van der Waals surface area contributed by atoms with E-state index in [0.717, 1.165) is 0 Å². The van der Waals surface area contributed by atoms with Crippen LogP contribution in [0, 0.1) is 12.7 Å². The summed E-state index contributed by atoms with van der Waals surface area (Å²) in [6.07, 6.45) is 1.46. The molecule has 1 unspecified atom stereocenters. The fourth-order valence-corrected chi connectivity index (χ4v) is 5.63. The normalized spacial score (nSPS) is 11.9. The topological polar surface area (TPSA) is 114 Å². The van der Waals surface area contributed by atoms with Crippen LogP contribution in [0.4, 0.5) is 15.8 Å². The Hall–Kier alpha value is -5.68. The molecule has 0 bridgehead atoms. The number of rotatable bonds is 10. The number of thioether (sulfide) groups is 1. The molecule has 4 aromatic carbocycles. The number of nitrogens with zero attached hydrogens (tertiary/aromatic N) is 2. The molecule has 0 aliphatic carbocycles. The summed E-state index contributed by atoms with van der Waals surface area (Å²) in [7, 11) is 1.75. The van der Waals surface area contributed by atoms with Crippen LogP contribution in [0.25, 0.3) is 11.8 Å². The highest BCUT2D eigenvalue weighted by Gasteiger charge is 2.22. The molecule has 1 aromatic heterocycles. The van der Waals surface area contributed by atoms with Gasteiger partial charge in [0.15, 0.2) is 0 Å². The third-order valence-corrected chi connectivity index (χ3v) is 8.38. The number of halogens is 1. The van der Waals surface area contributed by atoms with Gasteiger partial charge in [0.1, 0.15) is 17.2 Å². The number of anilines is 2. The molecule has 11 heteroatoms. The second-order valence-corrected chi connectivity index (χ2v) is 12.0. The fraction of sp³-hybridized carbons (Fsp3) is 0.111. The van der Waals surface area contributed by atoms with E-state index in [2.05, 4.69) is 16.0 Å². The highest BCUT2D eigenvalue weighted by Crippen LogP contribution is 2.27. The van der Waals surface area contributed by atoms with E-state index in [4.69, 9.17) is 0 Å². The number of carbonyl (C=O) groups excluding carboxylic acids is 3. The zero-order valence-corrected chi connectivity index (χ0v) is 26.7. The number of nitrogens with one attached hydrogen (secondary N) is 3. The van der Waals surface area contributed by atoms with E-state index in [1.54, 1.807) is 80.2 Å². The van der Waals surface area contributed by atoms with E-state index in [0.29, 0.717) is 33.1 Å². The van der Waals surface area contributed by atoms with Crippen molar-refractivity contribution in [3.05, 3.63) is 148 Å². The summed E-state index contributed by atoms with van der Waals surface area (Å²) in [5, 5.41) is 7.65. The van der Waals surface area contributed by atoms with E-state index in [-0.39, 0.29) is 22.9 Å². The first-order valence-electron chi connectivity index (χ1n) is 14.7. The number of carbonyl (C=O) groups is 3. The summed E-state index contributed by atoms with van der Waals surface area (Å²) >= 11 is 1.25. The third kappa shape index (κ3) is 7.95. The highest BCUT2D eigenvalue weighted by atomic mass is 32.2. The Labute approximate surface area is 275 Å². The Balaban J connectivity index is 1.30. The van der Waals surface area contributed by atoms with Gasteiger partial charge in [-0.25, -0.2) is 9.07 Å². The second-order valence-electron chi connectivity index (χ2n) is 10.6. The van der Waals surface area contributed by atoms with Crippen molar-refractivity contribution in [2.45, 2.75) is 24.0 Å². The molecule has 0 spiro atoms. The molecule has 5 rings (SSSR count). The molecule has 0 fully saturated rings. The maximum absolute atomic E-state index is 13.5. The van der Waals surface area contributed by atoms with Gasteiger partial charge in [-0.1, -0.05) is 54.6 Å². The highest BCUT2D eigenvalue weighted by molar-refractivity contribution is 8.00. The molecule has 1 heterocycles. The molecule has 0 aliphatic heterocycles. The van der Waals surface area contributed by atoms with Gasteiger partial charge in [-0.05, 0) is 80.1 Å². The molecule has 1 atom stereocenters. The van der Waals surface area contributed by atoms with Gasteiger partial charge in [0.05, 0.1) is 16.6 Å². The first-order chi connectivity index (χ1) is 22.6. The lowest BCUT2D eigenvalue weighted by Crippen LogP contribution is -2.30. The maximum Gasteiger partial charge on any atom is 0.295 e. The van der Waals surface area contributed by atoms with Crippen LogP contribution in [0.5, 0.6) is 0 Å². The first-order valence-corrected chi connectivity index (χ1v) is 15.6. The molecule has 3 amide bonds. The molecule has 9 nitrogen and oxygen atoms in total. The van der Waals surface area contributed by atoms with Crippen LogP contribution in [-0.2, 0) is 16.6 Å². The van der Waals surface area contributed by atoms with Gasteiger partial charge in [0.2, 0.25) is 5.91 Å². The van der Waals surface area contributed by atoms with Gasteiger partial charge in [-0.15, -0.1) is 11.8 Å². The van der Waals surface area contributed by atoms with Crippen molar-refractivity contribution in [2.24, 2.45) is 7.05 Å². The average molecular weight is 650 g/mol. The summed E-state index contributed by atoms with van der Waals surface area (Å²) in [6, 6.07) is 30.0. The minimum absolute atomic E-state index is 0.0457. The van der Waals surface area contributed by atoms with Gasteiger partial charge in [-0.3, -0.25) is 23.9 Å². The van der Waals surface area contributed by atoms with E-state index in [1.165, 1.54) is 46.8 Å². The zero-order chi connectivity index (χ0) is 33.5. The van der Waals surface area contributed by atoms with Gasteiger partial charge >= 0.3 is 0 Å². The standard InChI is InChI=1S/C36H32FN5O4S/c1-23-32(36(46)42(41(23)3)29-14-8-5-9-15-29)40-33(43)24(2)47-30-16-10-13-28(22-30)38-35(45)31(21-25-17-19-27(37)20-18-25)39-34(44)26-11-6-4-7-12-26/h4-22,24H,1-3H3,(H,38,45)(H,39,44)(H,40,43)/b31-21+. The second kappa shape index (κ2) is 14.6. The fourth-order valence-electron chi connectivity index (χ4n) is 4.71. The summed E-state index contributed by atoms with van der Waals surface area (Å²) in [4.78, 5) is 53.5. The Morgan fingerprint density at radius 3 is 2.19 bits per heavy atom. The lowest BCUT2D eigenvalue weighted by molar-refractivity contribution is -0.115. The molecule has 0 saturated heterocycles. The predicted molar refractivity (Wildman–Crippen MR) is 183 cm³/mol. The molecule has 238 valence electrons. The summed E-state index contributed by atoms with van der Waals surface area (Å²) in [6.45, 7) is 3.49. The summed E-state index contributed by atoms with van der Waals surface area (Å²) < 4.78 is 16.7. The molecule has 0 aliphatic rings. The molecule has 47 heavy (non-hydrogen) atoms. The van der Waals surface area contributed by atoms with E-state index >= 15 is 0 Å². The van der Waals surface area contributed by atoms with Gasteiger partial charge < -0.3 is 16.0 Å². The SMILES string of the molecule is Cc1c(NC(=O)C(C)Sc2cccc(NC(=O)/C(=C\c3ccc(F)cc3)NC(=O)c3ccccc3)c2)c(=O)n(-c2ccccc2)n1C. The molecule has 5 aromatic rings.